The maximum Gasteiger partial charge on any atom is 0.0481 e. The van der Waals surface area contributed by atoms with Crippen LogP contribution in [0.3, 0.4) is 0 Å². The van der Waals surface area contributed by atoms with Crippen LogP contribution >= 0.6 is 17.0 Å². The van der Waals surface area contributed by atoms with Crippen LogP contribution in [0.5, 0.6) is 0 Å². The highest BCUT2D eigenvalue weighted by Crippen LogP contribution is 2.18. The third-order valence-corrected chi connectivity index (χ3v) is 3.52. The third-order valence-electron chi connectivity index (χ3n) is 3.52. The van der Waals surface area contributed by atoms with E-state index in [-0.39, 0.29) is 17.0 Å². The van der Waals surface area contributed by atoms with Gasteiger partial charge in [-0.05, 0) is 24.3 Å². The molecule has 1 aromatic carbocycles. The predicted molar refractivity (Wildman–Crippen MR) is 89.1 cm³/mol. The van der Waals surface area contributed by atoms with E-state index in [9.17, 15) is 0 Å². The lowest BCUT2D eigenvalue weighted by atomic mass is 10.0. The van der Waals surface area contributed by atoms with Gasteiger partial charge in [0, 0.05) is 17.3 Å². The number of rotatable bonds is 7. The average Bonchev–Trinajstić information content (AvgIpc) is 2.43. The second kappa shape index (κ2) is 9.08. The molecule has 0 aliphatic carbocycles. The fourth-order valence-corrected chi connectivity index (χ4v) is 2.45. The Balaban J connectivity index is 0.00000180. The third kappa shape index (κ3) is 4.94. The summed E-state index contributed by atoms with van der Waals surface area (Å²) in [6.07, 6.45) is 11.1. The molecule has 0 N–H and O–H groups in total. The number of pyridine rings is 1. The van der Waals surface area contributed by atoms with Crippen LogP contribution in [0, 0.1) is 0 Å². The van der Waals surface area contributed by atoms with Crippen molar-refractivity contribution in [1.82, 2.24) is 4.98 Å². The molecule has 1 heterocycles. The Morgan fingerprint density at radius 3 is 2.47 bits per heavy atom. The lowest BCUT2D eigenvalue weighted by Gasteiger charge is -2.05. The zero-order valence-corrected chi connectivity index (χ0v) is 13.5. The Bertz CT molecular complexity index is 476. The van der Waals surface area contributed by atoms with E-state index >= 15 is 0 Å². The van der Waals surface area contributed by atoms with Crippen molar-refractivity contribution >= 4 is 27.8 Å². The molecule has 1 aromatic heterocycles. The van der Waals surface area contributed by atoms with Gasteiger partial charge in [-0.1, -0.05) is 63.3 Å². The van der Waals surface area contributed by atoms with Crippen LogP contribution in [0.2, 0.25) is 0 Å². The van der Waals surface area contributed by atoms with Crippen molar-refractivity contribution in [2.45, 2.75) is 51.9 Å². The summed E-state index contributed by atoms with van der Waals surface area (Å²) in [5.74, 6) is 0. The molecule has 0 saturated carbocycles. The normalized spacial score (nSPS) is 10.4. The van der Waals surface area contributed by atoms with Crippen molar-refractivity contribution in [3.05, 3.63) is 42.2 Å². The van der Waals surface area contributed by atoms with Crippen molar-refractivity contribution in [2.24, 2.45) is 0 Å². The summed E-state index contributed by atoms with van der Waals surface area (Å²) in [6, 6.07) is 10.7. The van der Waals surface area contributed by atoms with Crippen LogP contribution in [-0.4, -0.2) is 4.98 Å². The summed E-state index contributed by atoms with van der Waals surface area (Å²) >= 11 is 0. The minimum atomic E-state index is 0. The summed E-state index contributed by atoms with van der Waals surface area (Å²) < 4.78 is 0. The molecule has 1 nitrogen and oxygen atoms in total. The van der Waals surface area contributed by atoms with Gasteiger partial charge >= 0.3 is 0 Å². The van der Waals surface area contributed by atoms with Crippen LogP contribution in [0.15, 0.2) is 36.5 Å². The van der Waals surface area contributed by atoms with Crippen LogP contribution in [0.25, 0.3) is 10.8 Å². The Morgan fingerprint density at radius 2 is 1.63 bits per heavy atom. The van der Waals surface area contributed by atoms with Gasteiger partial charge in [-0.3, -0.25) is 4.98 Å². The first-order valence-electron chi connectivity index (χ1n) is 7.24. The molecule has 2 heteroatoms. The van der Waals surface area contributed by atoms with E-state index in [1.807, 2.05) is 6.20 Å². The fraction of sp³-hybridized carbons (Fsp3) is 0.471. The SMILES string of the molecule is Br.CCCCCCCCc1nccc2ccccc12. The smallest absolute Gasteiger partial charge is 0.0481 e. The molecule has 0 radical (unpaired) electrons. The molecule has 0 amide bonds. The number of halogens is 1. The van der Waals surface area contributed by atoms with Gasteiger partial charge in [-0.15, -0.1) is 17.0 Å². The summed E-state index contributed by atoms with van der Waals surface area (Å²) in [5, 5.41) is 2.64. The molecule has 0 unspecified atom stereocenters. The fourth-order valence-electron chi connectivity index (χ4n) is 2.45. The number of unbranched alkanes of at least 4 members (excludes halogenated alkanes) is 5. The van der Waals surface area contributed by atoms with E-state index in [1.54, 1.807) is 0 Å². The minimum absolute atomic E-state index is 0. The zero-order valence-electron chi connectivity index (χ0n) is 11.8. The van der Waals surface area contributed by atoms with E-state index < -0.39 is 0 Å². The molecule has 0 aliphatic heterocycles. The van der Waals surface area contributed by atoms with Crippen LogP contribution in [0.4, 0.5) is 0 Å². The molecule has 2 rings (SSSR count). The summed E-state index contributed by atoms with van der Waals surface area (Å²) in [7, 11) is 0. The Kier molecular flexibility index (Phi) is 7.73. The average molecular weight is 322 g/mol. The molecule has 0 saturated heterocycles. The number of benzene rings is 1. The Hall–Kier alpha value is -0.890. The topological polar surface area (TPSA) is 12.9 Å². The van der Waals surface area contributed by atoms with Crippen molar-refractivity contribution in [3.8, 4) is 0 Å². The Labute approximate surface area is 127 Å². The number of aryl methyl sites for hydroxylation is 1. The first kappa shape index (κ1) is 16.2. The van der Waals surface area contributed by atoms with Crippen molar-refractivity contribution < 1.29 is 0 Å². The van der Waals surface area contributed by atoms with Crippen LogP contribution in [-0.2, 0) is 6.42 Å². The molecule has 0 aliphatic rings. The molecule has 19 heavy (non-hydrogen) atoms. The first-order chi connectivity index (χ1) is 8.92. The summed E-state index contributed by atoms with van der Waals surface area (Å²) in [6.45, 7) is 2.26. The molecular weight excluding hydrogens is 298 g/mol. The number of nitrogens with zero attached hydrogens (tertiary/aromatic N) is 1. The molecule has 2 aromatic rings. The lowest BCUT2D eigenvalue weighted by molar-refractivity contribution is 0.605. The van der Waals surface area contributed by atoms with E-state index in [2.05, 4.69) is 42.2 Å². The number of hydrogen-bond acceptors (Lipinski definition) is 1. The van der Waals surface area contributed by atoms with Gasteiger partial charge in [-0.25, -0.2) is 0 Å². The molecule has 0 bridgehead atoms. The van der Waals surface area contributed by atoms with Gasteiger partial charge in [0.15, 0.2) is 0 Å². The Morgan fingerprint density at radius 1 is 0.895 bits per heavy atom. The van der Waals surface area contributed by atoms with Crippen molar-refractivity contribution in [3.63, 3.8) is 0 Å². The predicted octanol–water partition coefficient (Wildman–Crippen LogP) is 5.72. The molecule has 0 spiro atoms. The van der Waals surface area contributed by atoms with Crippen molar-refractivity contribution in [1.29, 1.82) is 0 Å². The lowest BCUT2D eigenvalue weighted by Crippen LogP contribution is -1.92. The summed E-state index contributed by atoms with van der Waals surface area (Å²) in [5.41, 5.74) is 1.27. The van der Waals surface area contributed by atoms with Gasteiger partial charge in [0.05, 0.1) is 0 Å². The van der Waals surface area contributed by atoms with Gasteiger partial charge in [0.1, 0.15) is 0 Å². The minimum Gasteiger partial charge on any atom is -0.261 e. The number of aromatic nitrogens is 1. The van der Waals surface area contributed by atoms with E-state index in [0.29, 0.717) is 0 Å². The quantitative estimate of drug-likeness (QED) is 0.594. The zero-order chi connectivity index (χ0) is 12.6. The maximum atomic E-state index is 4.54. The largest absolute Gasteiger partial charge is 0.261 e. The van der Waals surface area contributed by atoms with Gasteiger partial charge in [-0.2, -0.15) is 0 Å². The van der Waals surface area contributed by atoms with Gasteiger partial charge < -0.3 is 0 Å². The van der Waals surface area contributed by atoms with Crippen LogP contribution in [0.1, 0.15) is 51.1 Å². The maximum absolute atomic E-state index is 4.54. The van der Waals surface area contributed by atoms with E-state index in [0.717, 1.165) is 6.42 Å². The van der Waals surface area contributed by atoms with Gasteiger partial charge in [0.25, 0.3) is 0 Å². The second-order valence-corrected chi connectivity index (χ2v) is 5.00. The first-order valence-corrected chi connectivity index (χ1v) is 7.24. The molecular formula is C17H24BrN. The molecule has 0 atom stereocenters. The standard InChI is InChI=1S/C17H23N.BrH/c1-2-3-4-5-6-7-12-17-16-11-9-8-10-15(16)13-14-18-17;/h8-11,13-14H,2-7,12H2,1H3;1H. The van der Waals surface area contributed by atoms with Gasteiger partial charge in [0.2, 0.25) is 0 Å². The monoisotopic (exact) mass is 321 g/mol. The van der Waals surface area contributed by atoms with Crippen molar-refractivity contribution in [2.75, 3.05) is 0 Å². The van der Waals surface area contributed by atoms with E-state index in [1.165, 1.54) is 55.0 Å². The molecule has 0 fully saturated rings. The summed E-state index contributed by atoms with van der Waals surface area (Å²) in [4.78, 5) is 4.54. The molecule has 104 valence electrons. The van der Waals surface area contributed by atoms with E-state index in [4.69, 9.17) is 0 Å². The highest BCUT2D eigenvalue weighted by molar-refractivity contribution is 8.93. The highest BCUT2D eigenvalue weighted by Gasteiger charge is 2.01. The number of hydrogen-bond donors (Lipinski definition) is 0. The highest BCUT2D eigenvalue weighted by atomic mass is 79.9. The second-order valence-electron chi connectivity index (χ2n) is 5.00. The number of fused-ring (bicyclic) bond motifs is 1. The van der Waals surface area contributed by atoms with Crippen LogP contribution < -0.4 is 0 Å².